The number of ketones is 1. The van der Waals surface area contributed by atoms with E-state index in [0.29, 0.717) is 34.1 Å². The maximum atomic E-state index is 12.9. The highest BCUT2D eigenvalue weighted by molar-refractivity contribution is 6.14. The van der Waals surface area contributed by atoms with Crippen molar-refractivity contribution in [2.24, 2.45) is 0 Å². The maximum Gasteiger partial charge on any atom is 0.203 e. The molecule has 0 radical (unpaired) electrons. The summed E-state index contributed by atoms with van der Waals surface area (Å²) in [6.45, 7) is 4.15. The van der Waals surface area contributed by atoms with Gasteiger partial charge in [0.15, 0.2) is 17.3 Å². The number of ether oxygens (including phenoxy) is 4. The Kier molecular flexibility index (Phi) is 4.89. The van der Waals surface area contributed by atoms with Crippen LogP contribution in [0.15, 0.2) is 29.8 Å². The molecular weight excluding hydrogens is 332 g/mol. The van der Waals surface area contributed by atoms with Crippen LogP contribution in [0.1, 0.15) is 27.0 Å². The number of Topliss-reactive ketones (excluding diaryl/α,β-unsaturated/α-hetero) is 1. The number of carbonyl (C=O) groups is 1. The highest BCUT2D eigenvalue weighted by atomic mass is 16.5. The molecule has 26 heavy (non-hydrogen) atoms. The van der Waals surface area contributed by atoms with Gasteiger partial charge in [-0.25, -0.2) is 0 Å². The number of aryl methyl sites for hydroxylation is 2. The fraction of sp³-hybridized carbons (Fsp3) is 0.286. The van der Waals surface area contributed by atoms with Gasteiger partial charge in [0.05, 0.1) is 26.9 Å². The predicted octanol–water partition coefficient (Wildman–Crippen LogP) is 3.99. The first-order valence-corrected chi connectivity index (χ1v) is 8.27. The van der Waals surface area contributed by atoms with Crippen molar-refractivity contribution in [1.29, 1.82) is 0 Å². The number of methoxy groups -OCH3 is 3. The van der Waals surface area contributed by atoms with Gasteiger partial charge in [-0.1, -0.05) is 6.07 Å². The van der Waals surface area contributed by atoms with Crippen molar-refractivity contribution >= 4 is 11.9 Å². The summed E-state index contributed by atoms with van der Waals surface area (Å²) in [6, 6.07) is 7.49. The normalized spacial score (nSPS) is 14.7. The fourth-order valence-corrected chi connectivity index (χ4v) is 3.20. The van der Waals surface area contributed by atoms with Crippen LogP contribution in [-0.2, 0) is 0 Å². The lowest BCUT2D eigenvalue weighted by atomic mass is 9.94. The Morgan fingerprint density at radius 2 is 1.62 bits per heavy atom. The highest BCUT2D eigenvalue weighted by Crippen LogP contribution is 2.39. The van der Waals surface area contributed by atoms with Crippen LogP contribution >= 0.6 is 0 Å². The Morgan fingerprint density at radius 3 is 2.19 bits per heavy atom. The lowest BCUT2D eigenvalue weighted by Crippen LogP contribution is -2.20. The van der Waals surface area contributed by atoms with Gasteiger partial charge in [-0.2, -0.15) is 0 Å². The summed E-state index contributed by atoms with van der Waals surface area (Å²) in [7, 11) is 4.67. The molecule has 5 nitrogen and oxygen atoms in total. The van der Waals surface area contributed by atoms with Crippen LogP contribution in [0.25, 0.3) is 6.08 Å². The van der Waals surface area contributed by atoms with E-state index in [0.717, 1.165) is 16.7 Å². The van der Waals surface area contributed by atoms with Gasteiger partial charge in [0.2, 0.25) is 5.75 Å². The number of fused-ring (bicyclic) bond motifs is 1. The van der Waals surface area contributed by atoms with Gasteiger partial charge < -0.3 is 18.9 Å². The summed E-state index contributed by atoms with van der Waals surface area (Å²) in [5.74, 6) is 2.24. The quantitative estimate of drug-likeness (QED) is 0.777. The van der Waals surface area contributed by atoms with Crippen LogP contribution in [0.5, 0.6) is 23.0 Å². The summed E-state index contributed by atoms with van der Waals surface area (Å²) in [4.78, 5) is 12.9. The number of hydrogen-bond donors (Lipinski definition) is 0. The molecule has 0 spiro atoms. The molecule has 0 saturated heterocycles. The van der Waals surface area contributed by atoms with Crippen LogP contribution in [-0.4, -0.2) is 33.7 Å². The molecule has 0 N–H and O–H groups in total. The Bertz CT molecular complexity index is 871. The Labute approximate surface area is 153 Å². The minimum Gasteiger partial charge on any atom is -0.493 e. The van der Waals surface area contributed by atoms with Crippen molar-refractivity contribution < 1.29 is 23.7 Å². The van der Waals surface area contributed by atoms with Crippen LogP contribution in [0, 0.1) is 13.8 Å². The molecule has 136 valence electrons. The van der Waals surface area contributed by atoms with E-state index < -0.39 is 0 Å². The van der Waals surface area contributed by atoms with Gasteiger partial charge in [0, 0.05) is 5.57 Å². The van der Waals surface area contributed by atoms with Crippen molar-refractivity contribution in [2.75, 3.05) is 27.9 Å². The van der Waals surface area contributed by atoms with E-state index in [2.05, 4.69) is 0 Å². The predicted molar refractivity (Wildman–Crippen MR) is 99.8 cm³/mol. The van der Waals surface area contributed by atoms with Crippen LogP contribution < -0.4 is 18.9 Å². The molecule has 5 heteroatoms. The molecule has 0 amide bonds. The molecule has 2 aromatic carbocycles. The number of hydrogen-bond acceptors (Lipinski definition) is 5. The first kappa shape index (κ1) is 17.9. The SMILES string of the molecule is COc1cc(/C=C2\COc3c(C)cc(C)cc3C2=O)cc(OC)c1OC. The van der Waals surface area contributed by atoms with Crippen molar-refractivity contribution in [2.45, 2.75) is 13.8 Å². The first-order chi connectivity index (χ1) is 12.5. The fourth-order valence-electron chi connectivity index (χ4n) is 3.20. The van der Waals surface area contributed by atoms with Crippen molar-refractivity contribution in [3.63, 3.8) is 0 Å². The molecule has 1 aliphatic heterocycles. The zero-order chi connectivity index (χ0) is 18.8. The van der Waals surface area contributed by atoms with E-state index in [9.17, 15) is 4.79 Å². The Morgan fingerprint density at radius 1 is 0.962 bits per heavy atom. The zero-order valence-corrected chi connectivity index (χ0v) is 15.6. The molecule has 0 atom stereocenters. The van der Waals surface area contributed by atoms with Gasteiger partial charge in [-0.05, 0) is 54.8 Å². The number of rotatable bonds is 4. The molecule has 0 aromatic heterocycles. The topological polar surface area (TPSA) is 54.0 Å². The first-order valence-electron chi connectivity index (χ1n) is 8.27. The third-order valence-electron chi connectivity index (χ3n) is 4.36. The standard InChI is InChI=1S/C21H22O5/c1-12-6-13(2)20-16(7-12)19(22)15(11-26-20)8-14-9-17(23-3)21(25-5)18(10-14)24-4/h6-10H,11H2,1-5H3/b15-8+. The third kappa shape index (κ3) is 3.12. The molecule has 0 fully saturated rings. The average molecular weight is 354 g/mol. The summed E-state index contributed by atoms with van der Waals surface area (Å²) in [5, 5.41) is 0. The van der Waals surface area contributed by atoms with Crippen molar-refractivity contribution in [3.05, 3.63) is 52.1 Å². The van der Waals surface area contributed by atoms with Crippen LogP contribution in [0.2, 0.25) is 0 Å². The van der Waals surface area contributed by atoms with Crippen LogP contribution in [0.3, 0.4) is 0 Å². The molecule has 0 unspecified atom stereocenters. The lowest BCUT2D eigenvalue weighted by molar-refractivity contribution is 0.1000. The lowest BCUT2D eigenvalue weighted by Gasteiger charge is -2.21. The van der Waals surface area contributed by atoms with Crippen LogP contribution in [0.4, 0.5) is 0 Å². The van der Waals surface area contributed by atoms with E-state index >= 15 is 0 Å². The van der Waals surface area contributed by atoms with Gasteiger partial charge >= 0.3 is 0 Å². The highest BCUT2D eigenvalue weighted by Gasteiger charge is 2.25. The second-order valence-electron chi connectivity index (χ2n) is 6.20. The molecule has 1 aliphatic rings. The summed E-state index contributed by atoms with van der Waals surface area (Å²) >= 11 is 0. The van der Waals surface area contributed by atoms with E-state index in [1.807, 2.05) is 26.0 Å². The minimum atomic E-state index is -0.0215. The molecule has 0 saturated carbocycles. The van der Waals surface area contributed by atoms with Gasteiger partial charge in [-0.15, -0.1) is 0 Å². The van der Waals surface area contributed by atoms with Crippen molar-refractivity contribution in [3.8, 4) is 23.0 Å². The van der Waals surface area contributed by atoms with Crippen molar-refractivity contribution in [1.82, 2.24) is 0 Å². The van der Waals surface area contributed by atoms with Gasteiger partial charge in [0.1, 0.15) is 12.4 Å². The smallest absolute Gasteiger partial charge is 0.203 e. The minimum absolute atomic E-state index is 0.0215. The van der Waals surface area contributed by atoms with Gasteiger partial charge in [0.25, 0.3) is 0 Å². The largest absolute Gasteiger partial charge is 0.493 e. The average Bonchev–Trinajstić information content (AvgIpc) is 2.63. The van der Waals surface area contributed by atoms with Gasteiger partial charge in [-0.3, -0.25) is 4.79 Å². The van der Waals surface area contributed by atoms with E-state index in [-0.39, 0.29) is 12.4 Å². The molecule has 1 heterocycles. The molecule has 0 aliphatic carbocycles. The second-order valence-corrected chi connectivity index (χ2v) is 6.20. The number of benzene rings is 2. The molecule has 2 aromatic rings. The zero-order valence-electron chi connectivity index (χ0n) is 15.6. The summed E-state index contributed by atoms with van der Waals surface area (Å²) in [6.07, 6.45) is 1.80. The molecule has 0 bridgehead atoms. The Hall–Kier alpha value is -2.95. The summed E-state index contributed by atoms with van der Waals surface area (Å²) in [5.41, 5.74) is 3.97. The summed E-state index contributed by atoms with van der Waals surface area (Å²) < 4.78 is 21.9. The van der Waals surface area contributed by atoms with E-state index in [1.165, 1.54) is 0 Å². The number of carbonyl (C=O) groups excluding carboxylic acids is 1. The Balaban J connectivity index is 2.05. The molecular formula is C21H22O5. The second kappa shape index (κ2) is 7.12. The third-order valence-corrected chi connectivity index (χ3v) is 4.36. The maximum absolute atomic E-state index is 12.9. The monoisotopic (exact) mass is 354 g/mol. The van der Waals surface area contributed by atoms with E-state index in [1.54, 1.807) is 39.5 Å². The molecule has 3 rings (SSSR count). The van der Waals surface area contributed by atoms with E-state index in [4.69, 9.17) is 18.9 Å².